The monoisotopic (exact) mass is 228 g/mol. The maximum Gasteiger partial charge on any atom is 0.329 e. The van der Waals surface area contributed by atoms with Gasteiger partial charge in [0, 0.05) is 9.67 Å². The van der Waals surface area contributed by atoms with Crippen molar-refractivity contribution >= 4 is 11.6 Å². The minimum atomic E-state index is -0.927. The van der Waals surface area contributed by atoms with E-state index in [-0.39, 0.29) is 5.69 Å². The molecule has 0 unspecified atom stereocenters. The number of aromatic nitrogens is 2. The fraction of sp³-hybridized carbons (Fsp3) is 0.500. The molecule has 0 spiro atoms. The van der Waals surface area contributed by atoms with Crippen molar-refractivity contribution in [3.05, 3.63) is 17.1 Å². The van der Waals surface area contributed by atoms with E-state index in [2.05, 4.69) is 5.10 Å². The van der Waals surface area contributed by atoms with Crippen molar-refractivity contribution in [3.63, 3.8) is 0 Å². The second-order valence-corrected chi connectivity index (χ2v) is 3.75. The molecule has 1 aromatic heterocycles. The molecule has 1 amide bonds. The Morgan fingerprint density at radius 2 is 2.38 bits per heavy atom. The number of nitroso groups, excluding NO2 is 1. The molecule has 2 rings (SSSR count). The molecule has 0 atom stereocenters. The molecule has 86 valence electrons. The zero-order chi connectivity index (χ0) is 11.9. The first-order valence-electron chi connectivity index (χ1n) is 4.69. The summed E-state index contributed by atoms with van der Waals surface area (Å²) < 4.78 is 14.8. The predicted molar refractivity (Wildman–Crippen MR) is 50.9 cm³/mol. The number of nitrogens with zero attached hydrogens (tertiary/aromatic N) is 3. The van der Waals surface area contributed by atoms with Gasteiger partial charge in [-0.2, -0.15) is 4.39 Å². The van der Waals surface area contributed by atoms with Crippen LogP contribution in [-0.2, 0) is 10.3 Å². The van der Waals surface area contributed by atoms with E-state index in [1.165, 1.54) is 6.20 Å². The normalized spacial score (nSPS) is 16.9. The van der Waals surface area contributed by atoms with Crippen molar-refractivity contribution < 1.29 is 13.9 Å². The number of amides is 1. The fourth-order valence-electron chi connectivity index (χ4n) is 1.59. The van der Waals surface area contributed by atoms with Crippen LogP contribution in [0.2, 0.25) is 0 Å². The Balaban J connectivity index is 2.39. The molecule has 3 N–H and O–H groups in total. The Hall–Kier alpha value is -1.83. The van der Waals surface area contributed by atoms with Gasteiger partial charge < -0.3 is 0 Å². The van der Waals surface area contributed by atoms with Crippen molar-refractivity contribution in [1.29, 1.82) is 0 Å². The largest absolute Gasteiger partial charge is 0.329 e. The van der Waals surface area contributed by atoms with Crippen LogP contribution >= 0.6 is 0 Å². The van der Waals surface area contributed by atoms with Gasteiger partial charge in [0.15, 0.2) is 7.05 Å². The van der Waals surface area contributed by atoms with Gasteiger partial charge in [0.25, 0.3) is 5.91 Å². The molecule has 1 aromatic rings. The lowest BCUT2D eigenvalue weighted by Crippen LogP contribution is -2.42. The van der Waals surface area contributed by atoms with Crippen molar-refractivity contribution in [2.24, 2.45) is 5.84 Å². The Bertz CT molecular complexity index is 465. The minimum absolute atomic E-state index is 0.198. The van der Waals surface area contributed by atoms with Crippen molar-refractivity contribution in [2.45, 2.75) is 18.4 Å². The molecule has 8 heteroatoms. The summed E-state index contributed by atoms with van der Waals surface area (Å²) in [6, 6.07) is 0. The lowest BCUT2D eigenvalue weighted by molar-refractivity contribution is -0.430. The molecule has 0 bridgehead atoms. The van der Waals surface area contributed by atoms with Gasteiger partial charge in [-0.15, -0.1) is 5.10 Å². The summed E-state index contributed by atoms with van der Waals surface area (Å²) in [7, 11) is 1.16. The van der Waals surface area contributed by atoms with Crippen LogP contribution in [0, 0.1) is 10.9 Å². The van der Waals surface area contributed by atoms with Crippen LogP contribution in [0.15, 0.2) is 6.20 Å². The molecule has 16 heavy (non-hydrogen) atoms. The second kappa shape index (κ2) is 3.34. The first-order chi connectivity index (χ1) is 7.51. The van der Waals surface area contributed by atoms with Gasteiger partial charge in [-0.25, -0.2) is 10.5 Å². The van der Waals surface area contributed by atoms with E-state index >= 15 is 0 Å². The molecule has 0 radical (unpaired) electrons. The molecule has 0 aromatic carbocycles. The average Bonchev–Trinajstić information content (AvgIpc) is 2.95. The van der Waals surface area contributed by atoms with Crippen LogP contribution in [-0.4, -0.2) is 27.5 Å². The molecular weight excluding hydrogens is 217 g/mol. The molecule has 0 aliphatic heterocycles. The van der Waals surface area contributed by atoms with E-state index in [0.717, 1.165) is 11.7 Å². The molecular formula is C8H11FN5O2+. The first kappa shape index (κ1) is 10.7. The van der Waals surface area contributed by atoms with Gasteiger partial charge in [0.2, 0.25) is 0 Å². The summed E-state index contributed by atoms with van der Waals surface area (Å²) in [5, 5.41) is 3.53. The molecule has 0 saturated heterocycles. The van der Waals surface area contributed by atoms with E-state index < -0.39 is 17.4 Å². The number of hydrazine groups is 1. The van der Waals surface area contributed by atoms with E-state index in [1.807, 2.05) is 5.43 Å². The number of hydrogen-bond donors (Lipinski definition) is 2. The third-order valence-corrected chi connectivity index (χ3v) is 2.71. The number of halogens is 1. The highest BCUT2D eigenvalue weighted by molar-refractivity contribution is 5.86. The summed E-state index contributed by atoms with van der Waals surface area (Å²) in [5.41, 5.74) is 0.885. The Kier molecular flexibility index (Phi) is 2.23. The van der Waals surface area contributed by atoms with Crippen LogP contribution in [0.4, 0.5) is 10.1 Å². The number of rotatable bonds is 3. The summed E-state index contributed by atoms with van der Waals surface area (Å²) in [4.78, 5) is 22.4. The van der Waals surface area contributed by atoms with Crippen molar-refractivity contribution in [2.75, 3.05) is 7.05 Å². The molecule has 1 fully saturated rings. The van der Waals surface area contributed by atoms with E-state index in [4.69, 9.17) is 5.84 Å². The van der Waals surface area contributed by atoms with Gasteiger partial charge in [-0.1, -0.05) is 0 Å². The van der Waals surface area contributed by atoms with Gasteiger partial charge in [0.1, 0.15) is 11.7 Å². The zero-order valence-electron chi connectivity index (χ0n) is 8.61. The van der Waals surface area contributed by atoms with E-state index in [1.54, 1.807) is 0 Å². The topological polar surface area (TPSA) is 93.0 Å². The number of hydrogen-bond acceptors (Lipinski definition) is 4. The molecule has 7 nitrogen and oxygen atoms in total. The predicted octanol–water partition coefficient (Wildman–Crippen LogP) is -0.459. The SMILES string of the molecule is C[N+](=O)c1cn(C2(C(=O)NN)CC2)nc1F. The lowest BCUT2D eigenvalue weighted by atomic mass is 10.2. The third-order valence-electron chi connectivity index (χ3n) is 2.71. The minimum Gasteiger partial charge on any atom is -0.292 e. The van der Waals surface area contributed by atoms with Crippen LogP contribution < -0.4 is 11.3 Å². The number of carbonyl (C=O) groups excluding carboxylic acids is 1. The Morgan fingerprint density at radius 1 is 1.75 bits per heavy atom. The fourth-order valence-corrected chi connectivity index (χ4v) is 1.59. The van der Waals surface area contributed by atoms with Crippen LogP contribution in [0.5, 0.6) is 0 Å². The lowest BCUT2D eigenvalue weighted by Gasteiger charge is -2.12. The summed E-state index contributed by atoms with van der Waals surface area (Å²) in [6.45, 7) is 0. The number of carbonyl (C=O) groups is 1. The molecule has 1 saturated carbocycles. The highest BCUT2D eigenvalue weighted by atomic mass is 19.1. The van der Waals surface area contributed by atoms with Gasteiger partial charge in [0.05, 0.1) is 0 Å². The van der Waals surface area contributed by atoms with Crippen molar-refractivity contribution in [3.8, 4) is 0 Å². The summed E-state index contributed by atoms with van der Waals surface area (Å²) in [6.07, 6.45) is 2.27. The number of nitrogens with two attached hydrogens (primary N) is 1. The molecule has 1 aliphatic rings. The summed E-state index contributed by atoms with van der Waals surface area (Å²) >= 11 is 0. The standard InChI is InChI=1S/C8H10FN5O2/c1-13(16)5-4-14(12-6(5)9)8(2-3-8)7(15)11-10/h4H,2-3,10H2,1H3/p+1. The zero-order valence-corrected chi connectivity index (χ0v) is 8.61. The average molecular weight is 228 g/mol. The van der Waals surface area contributed by atoms with Crippen molar-refractivity contribution in [1.82, 2.24) is 15.2 Å². The van der Waals surface area contributed by atoms with E-state index in [0.29, 0.717) is 17.6 Å². The second-order valence-electron chi connectivity index (χ2n) is 3.75. The first-order valence-corrected chi connectivity index (χ1v) is 4.69. The van der Waals surface area contributed by atoms with Crippen LogP contribution in [0.3, 0.4) is 0 Å². The Morgan fingerprint density at radius 3 is 2.75 bits per heavy atom. The van der Waals surface area contributed by atoms with Gasteiger partial charge in [-0.3, -0.25) is 10.2 Å². The van der Waals surface area contributed by atoms with Crippen LogP contribution in [0.25, 0.3) is 0 Å². The Labute approximate surface area is 89.9 Å². The smallest absolute Gasteiger partial charge is 0.292 e. The maximum atomic E-state index is 13.2. The maximum absolute atomic E-state index is 13.2. The summed E-state index contributed by atoms with van der Waals surface area (Å²) in [5.74, 6) is 3.70. The third kappa shape index (κ3) is 1.38. The molecule has 1 heterocycles. The number of nitrogens with one attached hydrogen (secondary N) is 1. The van der Waals surface area contributed by atoms with Gasteiger partial charge in [-0.05, 0) is 12.8 Å². The van der Waals surface area contributed by atoms with Gasteiger partial charge >= 0.3 is 11.6 Å². The highest BCUT2D eigenvalue weighted by Crippen LogP contribution is 2.43. The van der Waals surface area contributed by atoms with Crippen LogP contribution in [0.1, 0.15) is 12.8 Å². The highest BCUT2D eigenvalue weighted by Gasteiger charge is 2.53. The van der Waals surface area contributed by atoms with E-state index in [9.17, 15) is 14.1 Å². The quantitative estimate of drug-likeness (QED) is 0.317. The molecule has 1 aliphatic carbocycles.